The number of rotatable bonds is 1. The molecule has 58 valence electrons. The quantitative estimate of drug-likeness (QED) is 0.709. The first-order chi connectivity index (χ1) is 5.92. The predicted molar refractivity (Wildman–Crippen MR) is 48.8 cm³/mol. The zero-order valence-corrected chi connectivity index (χ0v) is 7.06. The Morgan fingerprint density at radius 2 is 2.33 bits per heavy atom. The molecule has 0 spiro atoms. The molecule has 2 aromatic heterocycles. The van der Waals surface area contributed by atoms with E-state index in [2.05, 4.69) is 11.1 Å². The van der Waals surface area contributed by atoms with Gasteiger partial charge >= 0.3 is 0 Å². The van der Waals surface area contributed by atoms with Crippen LogP contribution < -0.4 is 0 Å². The van der Waals surface area contributed by atoms with Crippen LogP contribution in [0.3, 0.4) is 0 Å². The van der Waals surface area contributed by atoms with Gasteiger partial charge in [-0.2, -0.15) is 5.26 Å². The van der Waals surface area contributed by atoms with Crippen LogP contribution in [-0.2, 0) is 0 Å². The second-order valence-electron chi connectivity index (χ2n) is 2.36. The van der Waals surface area contributed by atoms with Gasteiger partial charge in [0.1, 0.15) is 6.07 Å². The zero-order chi connectivity index (χ0) is 8.39. The maximum absolute atomic E-state index is 8.75. The van der Waals surface area contributed by atoms with Gasteiger partial charge in [-0.1, -0.05) is 0 Å². The molecule has 12 heavy (non-hydrogen) atoms. The van der Waals surface area contributed by atoms with E-state index in [0.717, 1.165) is 16.1 Å². The Morgan fingerprint density at radius 3 is 3.00 bits per heavy atom. The molecule has 0 aliphatic rings. The van der Waals surface area contributed by atoms with Gasteiger partial charge in [0, 0.05) is 6.20 Å². The number of nitrogens with zero attached hydrogens (tertiary/aromatic N) is 1. The summed E-state index contributed by atoms with van der Waals surface area (Å²) in [5, 5.41) is 10.7. The molecule has 0 fully saturated rings. The Labute approximate surface area is 74.1 Å². The average molecular weight is 174 g/mol. The van der Waals surface area contributed by atoms with Gasteiger partial charge in [-0.05, 0) is 23.6 Å². The van der Waals surface area contributed by atoms with Crippen molar-refractivity contribution in [1.29, 1.82) is 5.26 Å². The molecule has 0 radical (unpaired) electrons. The monoisotopic (exact) mass is 174 g/mol. The Kier molecular flexibility index (Phi) is 1.69. The Morgan fingerprint density at radius 1 is 1.42 bits per heavy atom. The number of hydrogen-bond donors (Lipinski definition) is 1. The summed E-state index contributed by atoms with van der Waals surface area (Å²) in [5.74, 6) is 0. The van der Waals surface area contributed by atoms with Crippen LogP contribution in [-0.4, -0.2) is 4.98 Å². The highest BCUT2D eigenvalue weighted by molar-refractivity contribution is 7.13. The van der Waals surface area contributed by atoms with Crippen molar-refractivity contribution in [2.75, 3.05) is 0 Å². The molecular formula is C9H6N2S. The van der Waals surface area contributed by atoms with E-state index >= 15 is 0 Å². The van der Waals surface area contributed by atoms with E-state index < -0.39 is 0 Å². The molecule has 2 aromatic rings. The molecule has 0 saturated carbocycles. The minimum Gasteiger partial charge on any atom is -0.361 e. The van der Waals surface area contributed by atoms with Crippen molar-refractivity contribution in [3.8, 4) is 16.6 Å². The van der Waals surface area contributed by atoms with Crippen LogP contribution in [0.15, 0.2) is 29.8 Å². The van der Waals surface area contributed by atoms with Crippen LogP contribution in [0.25, 0.3) is 10.6 Å². The van der Waals surface area contributed by atoms with Crippen molar-refractivity contribution < 1.29 is 0 Å². The van der Waals surface area contributed by atoms with Gasteiger partial charge in [0.05, 0.1) is 16.1 Å². The van der Waals surface area contributed by atoms with E-state index in [1.54, 1.807) is 11.3 Å². The van der Waals surface area contributed by atoms with Crippen molar-refractivity contribution in [1.82, 2.24) is 4.98 Å². The van der Waals surface area contributed by atoms with Gasteiger partial charge in [-0.3, -0.25) is 0 Å². The summed E-state index contributed by atoms with van der Waals surface area (Å²) in [6, 6.07) is 7.88. The third-order valence-electron chi connectivity index (χ3n) is 1.63. The zero-order valence-electron chi connectivity index (χ0n) is 6.24. The lowest BCUT2D eigenvalue weighted by Gasteiger charge is -1.91. The highest BCUT2D eigenvalue weighted by Gasteiger charge is 2.05. The van der Waals surface area contributed by atoms with Gasteiger partial charge in [0.25, 0.3) is 0 Å². The number of nitrogens with one attached hydrogen (secondary N) is 1. The van der Waals surface area contributed by atoms with Crippen molar-refractivity contribution in [2.45, 2.75) is 0 Å². The summed E-state index contributed by atoms with van der Waals surface area (Å²) < 4.78 is 0. The van der Waals surface area contributed by atoms with Gasteiger partial charge in [-0.15, -0.1) is 11.3 Å². The van der Waals surface area contributed by atoms with Crippen molar-refractivity contribution in [2.24, 2.45) is 0 Å². The first-order valence-corrected chi connectivity index (χ1v) is 4.41. The molecule has 0 bridgehead atoms. The molecule has 1 N–H and O–H groups in total. The summed E-state index contributed by atoms with van der Waals surface area (Å²) in [6.07, 6.45) is 1.86. The standard InChI is InChI=1S/C9H6N2S/c10-6-7-3-5-12-9(7)8-2-1-4-11-8/h1-5,11H. The molecule has 2 rings (SSSR count). The molecule has 0 unspecified atom stereocenters. The fraction of sp³-hybridized carbons (Fsp3) is 0. The van der Waals surface area contributed by atoms with Crippen LogP contribution >= 0.6 is 11.3 Å². The summed E-state index contributed by atoms with van der Waals surface area (Å²) in [7, 11) is 0. The second kappa shape index (κ2) is 2.84. The molecule has 2 heterocycles. The number of hydrogen-bond acceptors (Lipinski definition) is 2. The highest BCUT2D eigenvalue weighted by atomic mass is 32.1. The second-order valence-corrected chi connectivity index (χ2v) is 3.28. The minimum atomic E-state index is 0.738. The molecule has 0 saturated heterocycles. The van der Waals surface area contributed by atoms with Crippen molar-refractivity contribution in [3.05, 3.63) is 35.3 Å². The van der Waals surface area contributed by atoms with E-state index in [4.69, 9.17) is 5.26 Å². The molecule has 0 amide bonds. The van der Waals surface area contributed by atoms with E-state index in [9.17, 15) is 0 Å². The molecule has 0 aliphatic heterocycles. The van der Waals surface area contributed by atoms with Crippen LogP contribution in [0, 0.1) is 11.3 Å². The number of aromatic amines is 1. The third kappa shape index (κ3) is 1.03. The van der Waals surface area contributed by atoms with E-state index in [1.165, 1.54) is 0 Å². The molecule has 3 heteroatoms. The van der Waals surface area contributed by atoms with Gasteiger partial charge in [-0.25, -0.2) is 0 Å². The topological polar surface area (TPSA) is 39.6 Å². The van der Waals surface area contributed by atoms with Crippen LogP contribution in [0.4, 0.5) is 0 Å². The fourth-order valence-electron chi connectivity index (χ4n) is 1.08. The lowest BCUT2D eigenvalue weighted by atomic mass is 10.2. The Balaban J connectivity index is 2.55. The van der Waals surface area contributed by atoms with Gasteiger partial charge in [0.2, 0.25) is 0 Å². The summed E-state index contributed by atoms with van der Waals surface area (Å²) in [4.78, 5) is 4.09. The first-order valence-electron chi connectivity index (χ1n) is 3.53. The maximum atomic E-state index is 8.75. The number of H-pyrrole nitrogens is 1. The Hall–Kier alpha value is -1.53. The lowest BCUT2D eigenvalue weighted by molar-refractivity contribution is 1.41. The predicted octanol–water partition coefficient (Wildman–Crippen LogP) is 2.61. The average Bonchev–Trinajstić information content (AvgIpc) is 2.74. The van der Waals surface area contributed by atoms with E-state index in [1.807, 2.05) is 29.8 Å². The minimum absolute atomic E-state index is 0.738. The smallest absolute Gasteiger partial charge is 0.101 e. The number of aromatic nitrogens is 1. The van der Waals surface area contributed by atoms with Crippen LogP contribution in [0.1, 0.15) is 5.56 Å². The molecule has 0 atom stereocenters. The normalized spacial score (nSPS) is 9.58. The maximum Gasteiger partial charge on any atom is 0.101 e. The molecule has 0 aliphatic carbocycles. The van der Waals surface area contributed by atoms with E-state index in [0.29, 0.717) is 0 Å². The summed E-state index contributed by atoms with van der Waals surface area (Å²) >= 11 is 1.58. The third-order valence-corrected chi connectivity index (χ3v) is 2.58. The first kappa shape index (κ1) is 7.14. The lowest BCUT2D eigenvalue weighted by Crippen LogP contribution is -1.74. The largest absolute Gasteiger partial charge is 0.361 e. The molecule has 2 nitrogen and oxygen atoms in total. The summed E-state index contributed by atoms with van der Waals surface area (Å²) in [5.41, 5.74) is 1.75. The highest BCUT2D eigenvalue weighted by Crippen LogP contribution is 2.27. The Bertz CT molecular complexity index is 406. The fourth-order valence-corrected chi connectivity index (χ4v) is 1.91. The molecule has 0 aromatic carbocycles. The number of thiophene rings is 1. The van der Waals surface area contributed by atoms with E-state index in [-0.39, 0.29) is 0 Å². The summed E-state index contributed by atoms with van der Waals surface area (Å²) in [6.45, 7) is 0. The SMILES string of the molecule is N#Cc1ccsc1-c1ccc[nH]1. The van der Waals surface area contributed by atoms with Crippen LogP contribution in [0.5, 0.6) is 0 Å². The van der Waals surface area contributed by atoms with Crippen molar-refractivity contribution >= 4 is 11.3 Å². The van der Waals surface area contributed by atoms with Gasteiger partial charge in [0.15, 0.2) is 0 Å². The number of nitriles is 1. The van der Waals surface area contributed by atoms with Crippen LogP contribution in [0.2, 0.25) is 0 Å². The van der Waals surface area contributed by atoms with Gasteiger partial charge < -0.3 is 4.98 Å². The van der Waals surface area contributed by atoms with Crippen molar-refractivity contribution in [3.63, 3.8) is 0 Å². The molecular weight excluding hydrogens is 168 g/mol.